The fraction of sp³-hybridized carbons (Fsp3) is 0.115. The summed E-state index contributed by atoms with van der Waals surface area (Å²) in [7, 11) is -4.62. The minimum absolute atomic E-state index is 0.0453. The molecule has 4 rings (SSSR count). The quantitative estimate of drug-likeness (QED) is 0.155. The third kappa shape index (κ3) is 5.58. The average Bonchev–Trinajstić information content (AvgIpc) is 2.85. The summed E-state index contributed by atoms with van der Waals surface area (Å²) in [4.78, 5) is 12.7. The molecule has 0 fully saturated rings. The zero-order valence-electron chi connectivity index (χ0n) is 20.1. The molecule has 3 N–H and O–H groups in total. The summed E-state index contributed by atoms with van der Waals surface area (Å²) in [6.07, 6.45) is 0. The highest BCUT2D eigenvalue weighted by Gasteiger charge is 2.22. The smallest absolute Gasteiger partial charge is 0.296 e. The molecule has 12 heteroatoms. The van der Waals surface area contributed by atoms with E-state index in [2.05, 4.69) is 15.5 Å². The Balaban J connectivity index is 1.77. The maximum absolute atomic E-state index is 13.2. The van der Waals surface area contributed by atoms with E-state index in [-0.39, 0.29) is 32.5 Å². The number of nitrogens with zero attached hydrogens (tertiary/aromatic N) is 2. The lowest BCUT2D eigenvalue weighted by Crippen LogP contribution is -2.12. The summed E-state index contributed by atoms with van der Waals surface area (Å²) in [5, 5.41) is 22.8. The summed E-state index contributed by atoms with van der Waals surface area (Å²) in [5.74, 6) is -0.582. The minimum atomic E-state index is -4.62. The molecule has 0 spiro atoms. The van der Waals surface area contributed by atoms with E-state index < -0.39 is 26.7 Å². The van der Waals surface area contributed by atoms with Gasteiger partial charge in [0.15, 0.2) is 5.75 Å². The Bertz CT molecular complexity index is 1710. The Hall–Kier alpha value is -3.70. The first-order chi connectivity index (χ1) is 18.0. The van der Waals surface area contributed by atoms with Crippen LogP contribution in [0.25, 0.3) is 10.8 Å². The van der Waals surface area contributed by atoms with Crippen LogP contribution in [0.3, 0.4) is 0 Å². The van der Waals surface area contributed by atoms with E-state index in [0.29, 0.717) is 28.8 Å². The van der Waals surface area contributed by atoms with Crippen LogP contribution in [0.15, 0.2) is 75.8 Å². The number of phenolic OH excluding ortho intramolecular Hbond substituents is 1. The van der Waals surface area contributed by atoms with Gasteiger partial charge >= 0.3 is 0 Å². The number of carbonyl (C=O) groups excluding carboxylic acids is 1. The van der Waals surface area contributed by atoms with Gasteiger partial charge in [-0.05, 0) is 49.1 Å². The second kappa shape index (κ2) is 11.0. The monoisotopic (exact) mass is 573 g/mol. The predicted octanol–water partition coefficient (Wildman–Crippen LogP) is 7.47. The highest BCUT2D eigenvalue weighted by atomic mass is 35.5. The van der Waals surface area contributed by atoms with E-state index in [0.717, 1.165) is 0 Å². The molecule has 0 aromatic heterocycles. The van der Waals surface area contributed by atoms with Crippen molar-refractivity contribution >= 4 is 67.1 Å². The lowest BCUT2D eigenvalue weighted by molar-refractivity contribution is 0.102. The molecule has 0 aliphatic rings. The molecular weight excluding hydrogens is 553 g/mol. The van der Waals surface area contributed by atoms with Crippen LogP contribution in [0.2, 0.25) is 10.0 Å². The van der Waals surface area contributed by atoms with E-state index in [9.17, 15) is 22.9 Å². The number of fused-ring (bicyclic) bond motifs is 1. The number of benzene rings is 4. The molecule has 0 aliphatic heterocycles. The number of aryl methyl sites for hydroxylation is 1. The molecule has 0 heterocycles. The first-order valence-electron chi connectivity index (χ1n) is 11.2. The Morgan fingerprint density at radius 3 is 2.47 bits per heavy atom. The van der Waals surface area contributed by atoms with Crippen LogP contribution in [-0.2, 0) is 10.1 Å². The number of hydrogen-bond acceptors (Lipinski definition) is 7. The third-order valence-corrected chi connectivity index (χ3v) is 7.38. The van der Waals surface area contributed by atoms with Crippen LogP contribution in [0.1, 0.15) is 22.8 Å². The molecule has 0 unspecified atom stereocenters. The molecular formula is C26H21Cl2N3O6S. The maximum atomic E-state index is 13.2. The lowest BCUT2D eigenvalue weighted by atomic mass is 10.0. The number of nitrogens with one attached hydrogen (secondary N) is 1. The van der Waals surface area contributed by atoms with E-state index >= 15 is 0 Å². The van der Waals surface area contributed by atoms with Crippen molar-refractivity contribution in [3.63, 3.8) is 0 Å². The molecule has 0 saturated heterocycles. The normalized spacial score (nSPS) is 11.7. The van der Waals surface area contributed by atoms with Gasteiger partial charge in [0.1, 0.15) is 22.0 Å². The van der Waals surface area contributed by atoms with Gasteiger partial charge < -0.3 is 15.2 Å². The molecule has 9 nitrogen and oxygen atoms in total. The van der Waals surface area contributed by atoms with Gasteiger partial charge in [-0.2, -0.15) is 8.42 Å². The van der Waals surface area contributed by atoms with Crippen LogP contribution in [0, 0.1) is 6.92 Å². The molecule has 1 amide bonds. The number of azo groups is 1. The van der Waals surface area contributed by atoms with Gasteiger partial charge in [0, 0.05) is 11.5 Å². The van der Waals surface area contributed by atoms with Crippen molar-refractivity contribution in [1.29, 1.82) is 0 Å². The number of phenols is 1. The number of amides is 1. The van der Waals surface area contributed by atoms with Crippen molar-refractivity contribution in [2.75, 3.05) is 11.9 Å². The van der Waals surface area contributed by atoms with Gasteiger partial charge in [-0.15, -0.1) is 10.2 Å². The zero-order chi connectivity index (χ0) is 27.6. The second-order valence-corrected chi connectivity index (χ2v) is 10.2. The molecule has 0 aliphatic carbocycles. The fourth-order valence-corrected chi connectivity index (χ4v) is 5.34. The zero-order valence-corrected chi connectivity index (χ0v) is 22.4. The van der Waals surface area contributed by atoms with Crippen molar-refractivity contribution in [3.05, 3.63) is 81.8 Å². The SMILES string of the molecule is CCOc1ccc(NC(=O)c2cc3ccccc3c(N=Nc3ccc(C)c(S(=O)(=O)O)c3Cl)c2O)c(Cl)c1. The first-order valence-corrected chi connectivity index (χ1v) is 13.4. The van der Waals surface area contributed by atoms with Crippen molar-refractivity contribution in [2.45, 2.75) is 18.7 Å². The Kier molecular flexibility index (Phi) is 7.89. The molecule has 4 aromatic rings. The van der Waals surface area contributed by atoms with Crippen molar-refractivity contribution < 1.29 is 27.6 Å². The summed E-state index contributed by atoms with van der Waals surface area (Å²) >= 11 is 12.5. The summed E-state index contributed by atoms with van der Waals surface area (Å²) in [6.45, 7) is 3.75. The number of ether oxygens (including phenoxy) is 1. The minimum Gasteiger partial charge on any atom is -0.505 e. The second-order valence-electron chi connectivity index (χ2n) is 8.09. The topological polar surface area (TPSA) is 138 Å². The Morgan fingerprint density at radius 1 is 1.05 bits per heavy atom. The summed E-state index contributed by atoms with van der Waals surface area (Å²) < 4.78 is 38.5. The van der Waals surface area contributed by atoms with Crippen LogP contribution in [0.4, 0.5) is 17.1 Å². The summed E-state index contributed by atoms with van der Waals surface area (Å²) in [5.41, 5.74) is 0.313. The lowest BCUT2D eigenvalue weighted by Gasteiger charge is -2.13. The van der Waals surface area contributed by atoms with Gasteiger partial charge in [0.05, 0.1) is 27.9 Å². The Morgan fingerprint density at radius 2 is 1.79 bits per heavy atom. The molecule has 38 heavy (non-hydrogen) atoms. The average molecular weight is 574 g/mol. The third-order valence-electron chi connectivity index (χ3n) is 5.53. The fourth-order valence-electron chi connectivity index (χ4n) is 3.78. The van der Waals surface area contributed by atoms with Crippen molar-refractivity contribution in [1.82, 2.24) is 0 Å². The van der Waals surface area contributed by atoms with Crippen LogP contribution < -0.4 is 10.1 Å². The number of anilines is 1. The number of halogens is 2. The number of hydrogen-bond donors (Lipinski definition) is 3. The first kappa shape index (κ1) is 27.3. The van der Waals surface area contributed by atoms with Gasteiger partial charge in [-0.3, -0.25) is 9.35 Å². The standard InChI is InChI=1S/C26H21Cl2N3O6S/c1-3-37-16-9-11-20(19(27)13-16)29-26(33)18-12-15-6-4-5-7-17(15)23(24(18)32)31-30-21-10-8-14(2)25(22(21)28)38(34,35)36/h4-13,32H,3H2,1-2H3,(H,29,33)(H,34,35,36). The summed E-state index contributed by atoms with van der Waals surface area (Å²) in [6, 6.07) is 16.0. The highest BCUT2D eigenvalue weighted by Crippen LogP contribution is 2.41. The molecule has 4 aromatic carbocycles. The van der Waals surface area contributed by atoms with E-state index in [1.54, 1.807) is 42.5 Å². The van der Waals surface area contributed by atoms with E-state index in [1.807, 2.05) is 6.92 Å². The molecule has 196 valence electrons. The number of rotatable bonds is 7. The largest absolute Gasteiger partial charge is 0.505 e. The number of aromatic hydroxyl groups is 1. The highest BCUT2D eigenvalue weighted by molar-refractivity contribution is 7.86. The van der Waals surface area contributed by atoms with E-state index in [4.69, 9.17) is 27.9 Å². The molecule has 0 atom stereocenters. The molecule has 0 radical (unpaired) electrons. The van der Waals surface area contributed by atoms with Crippen molar-refractivity contribution in [3.8, 4) is 11.5 Å². The van der Waals surface area contributed by atoms with Crippen molar-refractivity contribution in [2.24, 2.45) is 10.2 Å². The molecule has 0 saturated carbocycles. The van der Waals surface area contributed by atoms with Crippen LogP contribution in [0.5, 0.6) is 11.5 Å². The predicted molar refractivity (Wildman–Crippen MR) is 146 cm³/mol. The van der Waals surface area contributed by atoms with Gasteiger partial charge in [-0.1, -0.05) is 53.5 Å². The Labute approximate surface area is 228 Å². The van der Waals surface area contributed by atoms with Crippen LogP contribution in [-0.4, -0.2) is 30.6 Å². The van der Waals surface area contributed by atoms with Gasteiger partial charge in [-0.25, -0.2) is 0 Å². The maximum Gasteiger partial charge on any atom is 0.296 e. The van der Waals surface area contributed by atoms with Gasteiger partial charge in [0.25, 0.3) is 16.0 Å². The van der Waals surface area contributed by atoms with Crippen LogP contribution >= 0.6 is 23.2 Å². The van der Waals surface area contributed by atoms with Gasteiger partial charge in [0.2, 0.25) is 0 Å². The molecule has 0 bridgehead atoms. The number of carbonyl (C=O) groups is 1. The van der Waals surface area contributed by atoms with E-state index in [1.165, 1.54) is 25.1 Å².